The Morgan fingerprint density at radius 2 is 0.950 bits per heavy atom. The molecule has 0 unspecified atom stereocenters. The second-order valence-electron chi connectivity index (χ2n) is 7.13. The molecule has 2 aromatic carbocycles. The molecule has 0 aliphatic rings. The maximum Gasteiger partial charge on any atom is 2.00 e. The molecule has 0 saturated heterocycles. The number of hydrogen-bond donors (Lipinski definition) is 0. The number of aliphatic imine (C=N–C) groups is 2. The molecule has 0 atom stereocenters. The molecule has 0 amide bonds. The molecule has 0 aliphatic heterocycles. The Kier molecular flexibility index (Phi) is 19.1. The molecule has 3 aromatic rings. The van der Waals surface area contributed by atoms with Crippen molar-refractivity contribution in [2.75, 3.05) is 0 Å². The second kappa shape index (κ2) is 17.2. The van der Waals surface area contributed by atoms with E-state index in [2.05, 4.69) is 15.0 Å². The molecule has 3 rings (SSSR count). The first kappa shape index (κ1) is 44.3. The van der Waals surface area contributed by atoms with Crippen LogP contribution in [0.25, 0.3) is 0 Å². The van der Waals surface area contributed by atoms with E-state index in [1.807, 2.05) is 0 Å². The number of nitrogens with zero attached hydrogens (tertiary/aromatic N) is 3. The Hall–Kier alpha value is -2.68. The first-order valence-electron chi connectivity index (χ1n) is 9.57. The van der Waals surface area contributed by atoms with Crippen LogP contribution in [-0.2, 0) is 45.3 Å². The summed E-state index contributed by atoms with van der Waals surface area (Å²) in [5, 5.41) is 0. The fourth-order valence-corrected chi connectivity index (χ4v) is 2.94. The predicted molar refractivity (Wildman–Crippen MR) is 125 cm³/mol. The largest absolute Gasteiger partial charge is 2.00 e. The van der Waals surface area contributed by atoms with E-state index in [1.54, 1.807) is 6.07 Å². The fraction of sp³-hybridized carbons (Fsp3) is 0.174. The third-order valence-electron chi connectivity index (χ3n) is 4.59. The third kappa shape index (κ3) is 11.1. The summed E-state index contributed by atoms with van der Waals surface area (Å²) in [6.45, 7) is 2.95. The Morgan fingerprint density at radius 3 is 1.25 bits per heavy atom. The maximum atomic E-state index is 13.5. The monoisotopic (exact) mass is 670 g/mol. The number of rotatable bonds is 4. The van der Waals surface area contributed by atoms with Gasteiger partial charge in [-0.05, 0) is 62.4 Å². The average Bonchev–Trinajstić information content (AvgIpc) is 2.75. The van der Waals surface area contributed by atoms with Crippen LogP contribution in [0, 0.1) is 11.6 Å². The van der Waals surface area contributed by atoms with Crippen LogP contribution in [-0.4, -0.2) is 16.4 Å². The van der Waals surface area contributed by atoms with Gasteiger partial charge in [0.2, 0.25) is 0 Å². The minimum absolute atomic E-state index is 0. The predicted octanol–water partition coefficient (Wildman–Crippen LogP) is -1.08. The fourth-order valence-electron chi connectivity index (χ4n) is 2.94. The van der Waals surface area contributed by atoms with Crippen LogP contribution < -0.4 is 24.8 Å². The van der Waals surface area contributed by atoms with Gasteiger partial charge in [-0.2, -0.15) is 26.3 Å². The van der Waals surface area contributed by atoms with Gasteiger partial charge in [-0.15, -0.1) is 0 Å². The number of aromatic nitrogens is 1. The van der Waals surface area contributed by atoms with Gasteiger partial charge in [0.25, 0.3) is 0 Å². The van der Waals surface area contributed by atoms with Crippen molar-refractivity contribution in [1.29, 1.82) is 0 Å². The van der Waals surface area contributed by atoms with Gasteiger partial charge in [0.05, 0.1) is 45.3 Å². The summed E-state index contributed by atoms with van der Waals surface area (Å²) >= 11 is 0. The second-order valence-corrected chi connectivity index (χ2v) is 7.13. The first-order chi connectivity index (χ1) is 15.8. The number of hydrogen-bond acceptors (Lipinski definition) is 3. The quantitative estimate of drug-likeness (QED) is 0.148. The Labute approximate surface area is 245 Å². The van der Waals surface area contributed by atoms with Gasteiger partial charge in [0, 0.05) is 0 Å². The van der Waals surface area contributed by atoms with Crippen molar-refractivity contribution in [2.24, 2.45) is 9.98 Å². The first-order valence-corrected chi connectivity index (χ1v) is 9.57. The van der Waals surface area contributed by atoms with Gasteiger partial charge >= 0.3 is 28.8 Å². The Morgan fingerprint density at radius 1 is 0.625 bits per heavy atom. The smallest absolute Gasteiger partial charge is 1.00 e. The summed E-state index contributed by atoms with van der Waals surface area (Å²) < 4.78 is 105. The van der Waals surface area contributed by atoms with Crippen LogP contribution in [0.5, 0.6) is 0 Å². The zero-order valence-electron chi connectivity index (χ0n) is 20.4. The molecule has 0 radical (unpaired) electrons. The molecule has 6 nitrogen and oxygen atoms in total. The summed E-state index contributed by atoms with van der Waals surface area (Å²) in [5.41, 5.74) is -2.29. The molecule has 0 saturated carbocycles. The molecule has 0 bridgehead atoms. The van der Waals surface area contributed by atoms with Gasteiger partial charge in [-0.1, -0.05) is 6.07 Å². The van der Waals surface area contributed by atoms with Gasteiger partial charge in [-0.3, -0.25) is 9.98 Å². The van der Waals surface area contributed by atoms with Crippen molar-refractivity contribution in [1.82, 2.24) is 4.98 Å². The number of alkyl halides is 6. The minimum atomic E-state index is -4.89. The molecular formula is C23H24Cl2F8N3NiO3+3. The van der Waals surface area contributed by atoms with Crippen molar-refractivity contribution >= 4 is 22.8 Å². The molecule has 40 heavy (non-hydrogen) atoms. The summed E-state index contributed by atoms with van der Waals surface area (Å²) in [7, 11) is 0. The van der Waals surface area contributed by atoms with Crippen molar-refractivity contribution in [3.8, 4) is 0 Å². The topological polar surface area (TPSA) is 137 Å². The van der Waals surface area contributed by atoms with Crippen LogP contribution in [0.1, 0.15) is 36.4 Å². The van der Waals surface area contributed by atoms with E-state index in [9.17, 15) is 35.1 Å². The normalized spacial score (nSPS) is 11.3. The molecular weight excluding hydrogens is 648 g/mol. The van der Waals surface area contributed by atoms with E-state index in [0.717, 1.165) is 12.1 Å². The molecule has 17 heteroatoms. The summed E-state index contributed by atoms with van der Waals surface area (Å²) in [4.78, 5) is 12.4. The zero-order chi connectivity index (χ0) is 25.3. The SMILES string of the molecule is CC(=Nc1ccc(F)c(C(F)(F)F)c1)c1cccc(C(C)=Nc2ccc(F)c(C(F)(F)F)c2)n1.[Cl-].[Cl-].[Ni+2].[OH3+].[OH3+].[OH3+]. The van der Waals surface area contributed by atoms with Crippen LogP contribution >= 0.6 is 0 Å². The van der Waals surface area contributed by atoms with E-state index in [4.69, 9.17) is 0 Å². The average molecular weight is 672 g/mol. The Balaban J connectivity index is -0.00000108. The Bertz CT molecular complexity index is 1210. The molecule has 9 N–H and O–H groups in total. The molecule has 0 spiro atoms. The molecule has 226 valence electrons. The van der Waals surface area contributed by atoms with E-state index >= 15 is 0 Å². The van der Waals surface area contributed by atoms with Crippen LogP contribution in [0.15, 0.2) is 64.6 Å². The minimum Gasteiger partial charge on any atom is -1.00 e. The van der Waals surface area contributed by atoms with Crippen LogP contribution in [0.3, 0.4) is 0 Å². The van der Waals surface area contributed by atoms with Crippen molar-refractivity contribution < 1.29 is 92.9 Å². The standard InChI is InChI=1S/C23H15F8N3.2ClH.Ni.3H2O/c1-12(32-14-6-8-18(24)16(10-14)22(26,27)28)20-4-3-5-21(34-20)13(2)33-15-7-9-19(25)17(11-15)23(29,30)31;;;;;;/h3-11H,1-2H3;2*1H;;3*1H2/q;;;+2;;;/p+1. The van der Waals surface area contributed by atoms with E-state index in [-0.39, 0.29) is 91.9 Å². The van der Waals surface area contributed by atoms with Crippen LogP contribution in [0.4, 0.5) is 46.5 Å². The van der Waals surface area contributed by atoms with Gasteiger partial charge in [-0.25, -0.2) is 13.8 Å². The molecule has 1 aromatic heterocycles. The number of pyridine rings is 1. The molecule has 1 heterocycles. The van der Waals surface area contributed by atoms with E-state index in [0.29, 0.717) is 24.3 Å². The third-order valence-corrected chi connectivity index (χ3v) is 4.59. The van der Waals surface area contributed by atoms with Crippen molar-refractivity contribution in [3.63, 3.8) is 0 Å². The van der Waals surface area contributed by atoms with Gasteiger partial charge < -0.3 is 41.2 Å². The van der Waals surface area contributed by atoms with Crippen molar-refractivity contribution in [3.05, 3.63) is 88.7 Å². The number of benzene rings is 2. The van der Waals surface area contributed by atoms with Gasteiger partial charge in [0.1, 0.15) is 11.6 Å². The summed E-state index contributed by atoms with van der Waals surface area (Å²) in [6, 6.07) is 9.21. The van der Waals surface area contributed by atoms with Crippen molar-refractivity contribution in [2.45, 2.75) is 26.2 Å². The summed E-state index contributed by atoms with van der Waals surface area (Å²) in [6.07, 6.45) is -9.77. The van der Waals surface area contributed by atoms with Gasteiger partial charge in [0.15, 0.2) is 0 Å². The summed E-state index contributed by atoms with van der Waals surface area (Å²) in [5.74, 6) is -2.85. The molecule has 0 fully saturated rings. The van der Waals surface area contributed by atoms with E-state index in [1.165, 1.54) is 26.0 Å². The number of halogens is 10. The van der Waals surface area contributed by atoms with Crippen LogP contribution in [0.2, 0.25) is 0 Å². The maximum absolute atomic E-state index is 13.5. The molecule has 0 aliphatic carbocycles. The zero-order valence-corrected chi connectivity index (χ0v) is 22.9. The van der Waals surface area contributed by atoms with E-state index < -0.39 is 35.1 Å².